The number of pyridine rings is 1. The topological polar surface area (TPSA) is 44.3 Å². The quantitative estimate of drug-likeness (QED) is 0.615. The van der Waals surface area contributed by atoms with E-state index in [9.17, 15) is 10.3 Å². The minimum Gasteiger partial charge on any atom is -0.382 e. The number of aromatic nitrogens is 1. The van der Waals surface area contributed by atoms with Gasteiger partial charge in [-0.3, -0.25) is 5.21 Å². The summed E-state index contributed by atoms with van der Waals surface area (Å²) in [6.45, 7) is 1.61. The molecular weight excluding hydrogens is 258 g/mol. The second-order valence-electron chi connectivity index (χ2n) is 3.44. The number of benzene rings is 1. The van der Waals surface area contributed by atoms with Gasteiger partial charge in [0, 0.05) is 10.1 Å². The van der Waals surface area contributed by atoms with Crippen molar-refractivity contribution in [3.8, 4) is 0 Å². The number of rotatable bonds is 1. The zero-order valence-electron chi connectivity index (χ0n) is 8.18. The van der Waals surface area contributed by atoms with Crippen molar-refractivity contribution in [3.05, 3.63) is 40.6 Å². The maximum Gasteiger partial charge on any atom is 0.276 e. The van der Waals surface area contributed by atoms with Gasteiger partial charge in [0.1, 0.15) is 10.6 Å². The van der Waals surface area contributed by atoms with E-state index < -0.39 is 6.10 Å². The van der Waals surface area contributed by atoms with Crippen molar-refractivity contribution >= 4 is 26.7 Å². The van der Waals surface area contributed by atoms with Crippen LogP contribution in [0.25, 0.3) is 10.8 Å². The predicted octanol–water partition coefficient (Wildman–Crippen LogP) is 2.18. The molecule has 1 aromatic heterocycles. The van der Waals surface area contributed by atoms with Gasteiger partial charge in [-0.15, -0.1) is 0 Å². The van der Waals surface area contributed by atoms with Crippen molar-refractivity contribution in [2.75, 3.05) is 0 Å². The van der Waals surface area contributed by atoms with Crippen molar-refractivity contribution < 1.29 is 15.0 Å². The summed E-state index contributed by atoms with van der Waals surface area (Å²) >= 11 is 3.39. The van der Waals surface area contributed by atoms with Gasteiger partial charge in [-0.25, -0.2) is 0 Å². The van der Waals surface area contributed by atoms with Gasteiger partial charge in [0.05, 0.1) is 5.39 Å². The summed E-state index contributed by atoms with van der Waals surface area (Å²) in [4.78, 5) is 0. The van der Waals surface area contributed by atoms with Crippen LogP contribution in [0.4, 0.5) is 0 Å². The van der Waals surface area contributed by atoms with Crippen LogP contribution in [0.3, 0.4) is 0 Å². The van der Waals surface area contributed by atoms with Crippen molar-refractivity contribution in [2.45, 2.75) is 13.0 Å². The Morgan fingerprint density at radius 1 is 1.33 bits per heavy atom. The van der Waals surface area contributed by atoms with E-state index >= 15 is 0 Å². The van der Waals surface area contributed by atoms with E-state index in [1.54, 1.807) is 13.1 Å². The van der Waals surface area contributed by atoms with E-state index in [1.807, 2.05) is 24.3 Å². The van der Waals surface area contributed by atoms with E-state index in [0.717, 1.165) is 20.0 Å². The summed E-state index contributed by atoms with van der Waals surface area (Å²) in [5.74, 6) is 0. The lowest BCUT2D eigenvalue weighted by Gasteiger charge is -2.05. The van der Waals surface area contributed by atoms with Gasteiger partial charge < -0.3 is 5.11 Å². The lowest BCUT2D eigenvalue weighted by molar-refractivity contribution is -0.910. The average Bonchev–Trinajstić information content (AvgIpc) is 2.17. The Bertz CT molecular complexity index is 511. The summed E-state index contributed by atoms with van der Waals surface area (Å²) < 4.78 is 1.68. The smallest absolute Gasteiger partial charge is 0.276 e. The Balaban J connectivity index is 2.84. The molecule has 0 saturated heterocycles. The third-order valence-electron chi connectivity index (χ3n) is 2.33. The highest BCUT2D eigenvalue weighted by atomic mass is 79.9. The Hall–Kier alpha value is -1.13. The monoisotopic (exact) mass is 268 g/mol. The highest BCUT2D eigenvalue weighted by Crippen LogP contribution is 2.27. The molecule has 15 heavy (non-hydrogen) atoms. The van der Waals surface area contributed by atoms with E-state index in [-0.39, 0.29) is 0 Å². The fourth-order valence-corrected chi connectivity index (χ4v) is 2.50. The SMILES string of the molecule is CC(O)c1c(Br)c2ccccc2c[n+]1O. The van der Waals surface area contributed by atoms with Crippen LogP contribution in [0.2, 0.25) is 0 Å². The van der Waals surface area contributed by atoms with Crippen LogP contribution in [-0.2, 0) is 0 Å². The molecule has 0 radical (unpaired) electrons. The highest BCUT2D eigenvalue weighted by Gasteiger charge is 2.23. The first-order chi connectivity index (χ1) is 7.11. The van der Waals surface area contributed by atoms with Crippen LogP contribution in [0.1, 0.15) is 18.7 Å². The first-order valence-electron chi connectivity index (χ1n) is 4.61. The fraction of sp³-hybridized carbons (Fsp3) is 0.182. The zero-order valence-corrected chi connectivity index (χ0v) is 9.77. The van der Waals surface area contributed by atoms with Crippen molar-refractivity contribution in [1.29, 1.82) is 0 Å². The van der Waals surface area contributed by atoms with Crippen LogP contribution in [0.15, 0.2) is 34.9 Å². The Labute approximate surface area is 95.7 Å². The fourth-order valence-electron chi connectivity index (χ4n) is 1.62. The Kier molecular flexibility index (Phi) is 2.63. The third kappa shape index (κ3) is 1.70. The Morgan fingerprint density at radius 2 is 2.00 bits per heavy atom. The third-order valence-corrected chi connectivity index (χ3v) is 3.16. The van der Waals surface area contributed by atoms with Crippen LogP contribution < -0.4 is 4.73 Å². The van der Waals surface area contributed by atoms with Crippen molar-refractivity contribution in [3.63, 3.8) is 0 Å². The molecule has 0 fully saturated rings. The van der Waals surface area contributed by atoms with Crippen LogP contribution >= 0.6 is 15.9 Å². The lowest BCUT2D eigenvalue weighted by Crippen LogP contribution is -2.36. The minimum atomic E-state index is -0.728. The van der Waals surface area contributed by atoms with E-state index in [4.69, 9.17) is 0 Å². The minimum absolute atomic E-state index is 0.453. The molecule has 0 aliphatic carbocycles. The molecule has 1 heterocycles. The molecule has 2 N–H and O–H groups in total. The van der Waals surface area contributed by atoms with Crippen LogP contribution in [-0.4, -0.2) is 10.3 Å². The van der Waals surface area contributed by atoms with Crippen LogP contribution in [0.5, 0.6) is 0 Å². The largest absolute Gasteiger partial charge is 0.382 e. The van der Waals surface area contributed by atoms with E-state index in [0.29, 0.717) is 5.69 Å². The number of aliphatic hydroxyl groups is 1. The second kappa shape index (κ2) is 3.79. The summed E-state index contributed by atoms with van der Waals surface area (Å²) in [6, 6.07) is 7.65. The molecule has 2 rings (SSSR count). The molecule has 3 nitrogen and oxygen atoms in total. The van der Waals surface area contributed by atoms with Gasteiger partial charge in [-0.1, -0.05) is 18.2 Å². The first-order valence-corrected chi connectivity index (χ1v) is 5.40. The molecule has 0 saturated carbocycles. The highest BCUT2D eigenvalue weighted by molar-refractivity contribution is 9.10. The van der Waals surface area contributed by atoms with Crippen molar-refractivity contribution in [2.24, 2.45) is 0 Å². The van der Waals surface area contributed by atoms with Gasteiger partial charge >= 0.3 is 0 Å². The summed E-state index contributed by atoms with van der Waals surface area (Å²) in [5.41, 5.74) is 0.453. The number of hydrogen-bond donors (Lipinski definition) is 2. The number of halogens is 1. The second-order valence-corrected chi connectivity index (χ2v) is 4.23. The van der Waals surface area contributed by atoms with Gasteiger partial charge in [-0.05, 0) is 28.9 Å². The molecule has 0 bridgehead atoms. The van der Waals surface area contributed by atoms with Gasteiger partial charge in [0.25, 0.3) is 5.69 Å². The maximum atomic E-state index is 9.69. The number of fused-ring (bicyclic) bond motifs is 1. The molecule has 1 aromatic carbocycles. The summed E-state index contributed by atoms with van der Waals surface area (Å²) in [5, 5.41) is 21.1. The molecular formula is C11H11BrNO2+. The predicted molar refractivity (Wildman–Crippen MR) is 59.7 cm³/mol. The van der Waals surface area contributed by atoms with E-state index in [1.165, 1.54) is 0 Å². The molecule has 4 heteroatoms. The average molecular weight is 269 g/mol. The zero-order chi connectivity index (χ0) is 11.0. The number of hydrogen-bond acceptors (Lipinski definition) is 2. The molecule has 1 atom stereocenters. The standard InChI is InChI=1S/C11H11BrNO2/c1-7(14)11-10(12)9-5-3-2-4-8(9)6-13(11)15/h2-7,14-15H,1H3/q+1. The summed E-state index contributed by atoms with van der Waals surface area (Å²) in [6.07, 6.45) is 0.858. The molecule has 78 valence electrons. The summed E-state index contributed by atoms with van der Waals surface area (Å²) in [7, 11) is 0. The number of aliphatic hydroxyl groups excluding tert-OH is 1. The lowest BCUT2D eigenvalue weighted by atomic mass is 10.1. The van der Waals surface area contributed by atoms with E-state index in [2.05, 4.69) is 15.9 Å². The van der Waals surface area contributed by atoms with Crippen LogP contribution in [0, 0.1) is 0 Å². The van der Waals surface area contributed by atoms with Gasteiger partial charge in [-0.2, -0.15) is 0 Å². The molecule has 0 aliphatic rings. The molecule has 0 spiro atoms. The Morgan fingerprint density at radius 3 is 2.67 bits per heavy atom. The normalized spacial score (nSPS) is 13.0. The molecule has 2 aromatic rings. The van der Waals surface area contributed by atoms with Gasteiger partial charge in [0.15, 0.2) is 0 Å². The molecule has 0 aliphatic heterocycles. The van der Waals surface area contributed by atoms with Crippen molar-refractivity contribution in [1.82, 2.24) is 0 Å². The van der Waals surface area contributed by atoms with Gasteiger partial charge in [0.2, 0.25) is 6.20 Å². The molecule has 1 unspecified atom stereocenters. The maximum absolute atomic E-state index is 9.69. The molecule has 0 amide bonds. The first kappa shape index (κ1) is 10.4. The number of nitrogens with zero attached hydrogens (tertiary/aromatic N) is 1.